The van der Waals surface area contributed by atoms with Gasteiger partial charge in [-0.3, -0.25) is 9.80 Å². The predicted octanol–water partition coefficient (Wildman–Crippen LogP) is 1.91. The zero-order valence-electron chi connectivity index (χ0n) is 11.8. The molecule has 112 valence electrons. The molecule has 0 saturated carbocycles. The van der Waals surface area contributed by atoms with E-state index < -0.39 is 0 Å². The molecule has 3 heterocycles. The highest BCUT2D eigenvalue weighted by atomic mass is 79.9. The fourth-order valence-electron chi connectivity index (χ4n) is 3.59. The van der Waals surface area contributed by atoms with Crippen molar-refractivity contribution < 1.29 is 9.53 Å². The minimum absolute atomic E-state index is 0.171. The van der Waals surface area contributed by atoms with Gasteiger partial charge in [0.1, 0.15) is 6.61 Å². The van der Waals surface area contributed by atoms with Crippen LogP contribution in [0, 0.1) is 0 Å². The number of benzene rings is 1. The molecule has 4 rings (SSSR count). The third-order valence-electron chi connectivity index (χ3n) is 4.63. The number of hydrogen-bond acceptors (Lipinski definition) is 4. The predicted molar refractivity (Wildman–Crippen MR) is 83.5 cm³/mol. The summed E-state index contributed by atoms with van der Waals surface area (Å²) in [7, 11) is 0. The van der Waals surface area contributed by atoms with Gasteiger partial charge in [-0.25, -0.2) is 4.79 Å². The second-order valence-corrected chi connectivity index (χ2v) is 6.74. The molecule has 6 heteroatoms. The third-order valence-corrected chi connectivity index (χ3v) is 5.37. The molecule has 0 radical (unpaired) electrons. The van der Waals surface area contributed by atoms with Crippen LogP contribution in [0.2, 0.25) is 0 Å². The number of nitrogens with zero attached hydrogens (tertiary/aromatic N) is 3. The standard InChI is InChI=1S/C15H18BrN3O2/c16-13-2-1-3-14-12(13)8-11-9-17(4-5-19(11)14)10-18-6-7-21-15(18)20/h1-3,11H,4-10H2. The highest BCUT2D eigenvalue weighted by molar-refractivity contribution is 9.10. The molecule has 0 spiro atoms. The van der Waals surface area contributed by atoms with Gasteiger partial charge in [0, 0.05) is 35.8 Å². The molecule has 3 aliphatic rings. The number of piperazine rings is 1. The molecule has 1 unspecified atom stereocenters. The van der Waals surface area contributed by atoms with Gasteiger partial charge in [0.2, 0.25) is 0 Å². The number of cyclic esters (lactones) is 1. The van der Waals surface area contributed by atoms with E-state index in [0.717, 1.165) is 32.6 Å². The second-order valence-electron chi connectivity index (χ2n) is 5.89. The minimum atomic E-state index is -0.171. The number of ether oxygens (including phenoxy) is 1. The maximum Gasteiger partial charge on any atom is 0.410 e. The van der Waals surface area contributed by atoms with Gasteiger partial charge >= 0.3 is 6.09 Å². The fourth-order valence-corrected chi connectivity index (χ4v) is 4.11. The number of halogens is 1. The van der Waals surface area contributed by atoms with E-state index in [9.17, 15) is 4.79 Å². The fraction of sp³-hybridized carbons (Fsp3) is 0.533. The van der Waals surface area contributed by atoms with E-state index in [4.69, 9.17) is 4.74 Å². The number of carbonyl (C=O) groups is 1. The highest BCUT2D eigenvalue weighted by Crippen LogP contribution is 2.38. The Bertz CT molecular complexity index is 580. The molecule has 0 aromatic heterocycles. The van der Waals surface area contributed by atoms with Crippen LogP contribution in [0.25, 0.3) is 0 Å². The second kappa shape index (κ2) is 5.18. The van der Waals surface area contributed by atoms with Gasteiger partial charge in [-0.1, -0.05) is 22.0 Å². The van der Waals surface area contributed by atoms with Gasteiger partial charge in [-0.2, -0.15) is 0 Å². The molecule has 1 amide bonds. The average Bonchev–Trinajstić information content (AvgIpc) is 3.04. The maximum absolute atomic E-state index is 11.6. The van der Waals surface area contributed by atoms with Gasteiger partial charge < -0.3 is 9.64 Å². The summed E-state index contributed by atoms with van der Waals surface area (Å²) in [4.78, 5) is 18.2. The lowest BCUT2D eigenvalue weighted by molar-refractivity contribution is 0.120. The quantitative estimate of drug-likeness (QED) is 0.815. The monoisotopic (exact) mass is 351 g/mol. The SMILES string of the molecule is O=C1OCCN1CN1CCN2c3cccc(Br)c3CC2C1. The lowest BCUT2D eigenvalue weighted by Gasteiger charge is -2.40. The van der Waals surface area contributed by atoms with Crippen LogP contribution in [0.5, 0.6) is 0 Å². The van der Waals surface area contributed by atoms with Crippen LogP contribution in [0.1, 0.15) is 5.56 Å². The van der Waals surface area contributed by atoms with Gasteiger partial charge in [0.25, 0.3) is 0 Å². The molecule has 1 aromatic carbocycles. The average molecular weight is 352 g/mol. The van der Waals surface area contributed by atoms with Crippen molar-refractivity contribution in [2.24, 2.45) is 0 Å². The van der Waals surface area contributed by atoms with Crippen molar-refractivity contribution in [3.8, 4) is 0 Å². The van der Waals surface area contributed by atoms with E-state index in [2.05, 4.69) is 43.9 Å². The van der Waals surface area contributed by atoms with Crippen molar-refractivity contribution in [1.82, 2.24) is 9.80 Å². The molecule has 21 heavy (non-hydrogen) atoms. The molecule has 0 bridgehead atoms. The van der Waals surface area contributed by atoms with Gasteiger partial charge in [0.05, 0.1) is 13.2 Å². The number of rotatable bonds is 2. The molecular formula is C15H18BrN3O2. The largest absolute Gasteiger partial charge is 0.447 e. The third kappa shape index (κ3) is 2.30. The van der Waals surface area contributed by atoms with E-state index in [-0.39, 0.29) is 6.09 Å². The Morgan fingerprint density at radius 1 is 1.29 bits per heavy atom. The molecule has 0 aliphatic carbocycles. The Morgan fingerprint density at radius 2 is 2.19 bits per heavy atom. The van der Waals surface area contributed by atoms with Gasteiger partial charge in [-0.05, 0) is 24.1 Å². The molecule has 1 aromatic rings. The van der Waals surface area contributed by atoms with E-state index in [1.807, 2.05) is 0 Å². The summed E-state index contributed by atoms with van der Waals surface area (Å²) < 4.78 is 6.22. The molecule has 1 atom stereocenters. The normalized spacial score (nSPS) is 25.0. The lowest BCUT2D eigenvalue weighted by Crippen LogP contribution is -2.54. The van der Waals surface area contributed by atoms with E-state index in [1.165, 1.54) is 15.7 Å². The van der Waals surface area contributed by atoms with Crippen LogP contribution in [0.15, 0.2) is 22.7 Å². The van der Waals surface area contributed by atoms with Crippen LogP contribution >= 0.6 is 15.9 Å². The van der Waals surface area contributed by atoms with E-state index >= 15 is 0 Å². The van der Waals surface area contributed by atoms with Crippen molar-refractivity contribution in [2.75, 3.05) is 44.4 Å². The van der Waals surface area contributed by atoms with Crippen LogP contribution in [0.3, 0.4) is 0 Å². The summed E-state index contributed by atoms with van der Waals surface area (Å²) in [6, 6.07) is 6.96. The van der Waals surface area contributed by atoms with Crippen LogP contribution in [0.4, 0.5) is 10.5 Å². The summed E-state index contributed by atoms with van der Waals surface area (Å²) in [5.41, 5.74) is 2.79. The minimum Gasteiger partial charge on any atom is -0.447 e. The molecule has 0 N–H and O–H groups in total. The zero-order valence-corrected chi connectivity index (χ0v) is 13.4. The number of amides is 1. The van der Waals surface area contributed by atoms with Crippen molar-refractivity contribution in [1.29, 1.82) is 0 Å². The molecule has 3 aliphatic heterocycles. The van der Waals surface area contributed by atoms with Crippen LogP contribution in [-0.4, -0.2) is 61.4 Å². The Balaban J connectivity index is 1.46. The molecule has 5 nitrogen and oxygen atoms in total. The van der Waals surface area contributed by atoms with Crippen molar-refractivity contribution >= 4 is 27.7 Å². The summed E-state index contributed by atoms with van der Waals surface area (Å²) in [5, 5.41) is 0. The molecule has 2 saturated heterocycles. The first-order chi connectivity index (χ1) is 10.2. The van der Waals surface area contributed by atoms with Crippen molar-refractivity contribution in [2.45, 2.75) is 12.5 Å². The Kier molecular flexibility index (Phi) is 3.30. The first-order valence-corrected chi connectivity index (χ1v) is 8.20. The number of anilines is 1. The summed E-state index contributed by atoms with van der Waals surface area (Å²) >= 11 is 3.67. The van der Waals surface area contributed by atoms with Crippen molar-refractivity contribution in [3.63, 3.8) is 0 Å². The number of hydrogen-bond donors (Lipinski definition) is 0. The number of fused-ring (bicyclic) bond motifs is 3. The first-order valence-electron chi connectivity index (χ1n) is 7.40. The smallest absolute Gasteiger partial charge is 0.410 e. The van der Waals surface area contributed by atoms with E-state index in [0.29, 0.717) is 19.3 Å². The highest BCUT2D eigenvalue weighted by Gasteiger charge is 2.36. The van der Waals surface area contributed by atoms with Crippen LogP contribution < -0.4 is 4.90 Å². The first kappa shape index (κ1) is 13.4. The van der Waals surface area contributed by atoms with Crippen molar-refractivity contribution in [3.05, 3.63) is 28.2 Å². The summed E-state index contributed by atoms with van der Waals surface area (Å²) in [6.07, 6.45) is 0.910. The number of carbonyl (C=O) groups excluding carboxylic acids is 1. The maximum atomic E-state index is 11.6. The van der Waals surface area contributed by atoms with Crippen LogP contribution in [-0.2, 0) is 11.2 Å². The topological polar surface area (TPSA) is 36.0 Å². The Labute approximate surface area is 132 Å². The van der Waals surface area contributed by atoms with E-state index in [1.54, 1.807) is 4.90 Å². The van der Waals surface area contributed by atoms with Gasteiger partial charge in [0.15, 0.2) is 0 Å². The summed E-state index contributed by atoms with van der Waals surface area (Å²) in [6.45, 7) is 4.96. The summed E-state index contributed by atoms with van der Waals surface area (Å²) in [5.74, 6) is 0. The molecular weight excluding hydrogens is 334 g/mol. The lowest BCUT2D eigenvalue weighted by atomic mass is 10.1. The molecule has 2 fully saturated rings. The zero-order chi connectivity index (χ0) is 14.4. The van der Waals surface area contributed by atoms with Gasteiger partial charge in [-0.15, -0.1) is 0 Å². The Morgan fingerprint density at radius 3 is 3.00 bits per heavy atom. The Hall–Kier alpha value is -1.27.